The summed E-state index contributed by atoms with van der Waals surface area (Å²) in [6.45, 7) is 3.82. The number of aromatic nitrogens is 3. The maximum absolute atomic E-state index is 12.3. The zero-order valence-electron chi connectivity index (χ0n) is 15.3. The van der Waals surface area contributed by atoms with Crippen LogP contribution in [0, 0.1) is 5.92 Å². The second-order valence-corrected chi connectivity index (χ2v) is 7.25. The van der Waals surface area contributed by atoms with Gasteiger partial charge in [-0.1, -0.05) is 55.8 Å². The van der Waals surface area contributed by atoms with Crippen LogP contribution in [-0.2, 0) is 14.3 Å². The summed E-state index contributed by atoms with van der Waals surface area (Å²) in [5, 5.41) is 11.6. The molecule has 27 heavy (non-hydrogen) atoms. The predicted molar refractivity (Wildman–Crippen MR) is 105 cm³/mol. The summed E-state index contributed by atoms with van der Waals surface area (Å²) in [6.07, 6.45) is 0.728. The summed E-state index contributed by atoms with van der Waals surface area (Å²) < 4.78 is 6.05. The number of hydrogen-bond acceptors (Lipinski definition) is 7. The van der Waals surface area contributed by atoms with Crippen LogP contribution in [0.5, 0.6) is 0 Å². The number of carbonyl (C=O) groups excluding carboxylic acids is 2. The molecule has 10 heteroatoms. The van der Waals surface area contributed by atoms with Gasteiger partial charge in [0.1, 0.15) is 6.04 Å². The third-order valence-electron chi connectivity index (χ3n) is 4.10. The molecule has 0 unspecified atom stereocenters. The van der Waals surface area contributed by atoms with Gasteiger partial charge in [-0.25, -0.2) is 9.47 Å². The minimum absolute atomic E-state index is 0.0295. The third kappa shape index (κ3) is 5.14. The summed E-state index contributed by atoms with van der Waals surface area (Å²) in [5.74, 6) is 5.63. The van der Waals surface area contributed by atoms with E-state index >= 15 is 0 Å². The van der Waals surface area contributed by atoms with E-state index in [0.29, 0.717) is 21.6 Å². The van der Waals surface area contributed by atoms with Crippen molar-refractivity contribution in [3.8, 4) is 11.4 Å². The van der Waals surface area contributed by atoms with E-state index in [0.717, 1.165) is 18.2 Å². The Morgan fingerprint density at radius 2 is 2.07 bits per heavy atom. The molecule has 2 rings (SSSR count). The molecule has 3 N–H and O–H groups in total. The van der Waals surface area contributed by atoms with Gasteiger partial charge in [0, 0.05) is 5.56 Å². The van der Waals surface area contributed by atoms with Crippen LogP contribution in [0.15, 0.2) is 29.4 Å². The molecule has 0 saturated heterocycles. The van der Waals surface area contributed by atoms with Crippen molar-refractivity contribution in [2.45, 2.75) is 31.5 Å². The number of halogens is 1. The zero-order chi connectivity index (χ0) is 20.0. The van der Waals surface area contributed by atoms with Gasteiger partial charge in [-0.05, 0) is 18.1 Å². The van der Waals surface area contributed by atoms with Gasteiger partial charge in [0.25, 0.3) is 0 Å². The first-order valence-electron chi connectivity index (χ1n) is 8.34. The van der Waals surface area contributed by atoms with E-state index in [1.165, 1.54) is 11.8 Å². The van der Waals surface area contributed by atoms with Crippen LogP contribution in [0.1, 0.15) is 20.3 Å². The minimum Gasteiger partial charge on any atom is -0.467 e. The SMILES string of the molecule is CC[C@@H](C)[C@@H](NC(=O)CSc1nnc(-c2ccccc2Cl)n1N)C(=O)OC. The highest BCUT2D eigenvalue weighted by atomic mass is 35.5. The molecule has 1 aromatic carbocycles. The van der Waals surface area contributed by atoms with Crippen molar-refractivity contribution in [1.82, 2.24) is 20.2 Å². The van der Waals surface area contributed by atoms with E-state index in [2.05, 4.69) is 15.5 Å². The average Bonchev–Trinajstić information content (AvgIpc) is 3.04. The van der Waals surface area contributed by atoms with E-state index < -0.39 is 12.0 Å². The van der Waals surface area contributed by atoms with Gasteiger partial charge in [0.2, 0.25) is 11.1 Å². The average molecular weight is 412 g/mol. The highest BCUT2D eigenvalue weighted by Gasteiger charge is 2.27. The van der Waals surface area contributed by atoms with E-state index in [4.69, 9.17) is 22.2 Å². The van der Waals surface area contributed by atoms with Crippen LogP contribution >= 0.6 is 23.4 Å². The molecule has 8 nitrogen and oxygen atoms in total. The lowest BCUT2D eigenvalue weighted by Gasteiger charge is -2.21. The lowest BCUT2D eigenvalue weighted by Crippen LogP contribution is -2.46. The van der Waals surface area contributed by atoms with E-state index in [1.54, 1.807) is 18.2 Å². The lowest BCUT2D eigenvalue weighted by molar-refractivity contribution is -0.146. The van der Waals surface area contributed by atoms with Crippen LogP contribution < -0.4 is 11.2 Å². The maximum atomic E-state index is 12.3. The lowest BCUT2D eigenvalue weighted by atomic mass is 9.99. The van der Waals surface area contributed by atoms with Gasteiger partial charge >= 0.3 is 5.97 Å². The second kappa shape index (κ2) is 9.61. The molecule has 2 aromatic rings. The predicted octanol–water partition coefficient (Wildman–Crippen LogP) is 2.11. The van der Waals surface area contributed by atoms with Crippen LogP contribution in [0.3, 0.4) is 0 Å². The van der Waals surface area contributed by atoms with Gasteiger partial charge in [-0.3, -0.25) is 4.79 Å². The Morgan fingerprint density at radius 3 is 2.70 bits per heavy atom. The van der Waals surface area contributed by atoms with Crippen LogP contribution in [0.25, 0.3) is 11.4 Å². The first kappa shape index (κ1) is 21.0. The number of thioether (sulfide) groups is 1. The van der Waals surface area contributed by atoms with Crippen molar-refractivity contribution < 1.29 is 14.3 Å². The van der Waals surface area contributed by atoms with Crippen molar-refractivity contribution >= 4 is 35.2 Å². The van der Waals surface area contributed by atoms with Crippen LogP contribution in [-0.4, -0.2) is 45.7 Å². The standard InChI is InChI=1S/C17H22ClN5O3S/c1-4-10(2)14(16(25)26-3)20-13(24)9-27-17-22-21-15(23(17)19)11-7-5-6-8-12(11)18/h5-8,10,14H,4,9,19H2,1-3H3,(H,20,24)/t10-,14-/m1/s1. The fourth-order valence-electron chi connectivity index (χ4n) is 2.34. The van der Waals surface area contributed by atoms with Crippen molar-refractivity contribution in [2.75, 3.05) is 18.7 Å². The smallest absolute Gasteiger partial charge is 0.328 e. The number of nitrogens with zero attached hydrogens (tertiary/aromatic N) is 3. The highest BCUT2D eigenvalue weighted by molar-refractivity contribution is 7.99. The first-order valence-corrected chi connectivity index (χ1v) is 9.70. The molecular formula is C17H22ClN5O3S. The first-order chi connectivity index (χ1) is 12.9. The Labute approximate surface area is 166 Å². The number of nitrogens with one attached hydrogen (secondary N) is 1. The molecule has 2 atom stereocenters. The number of amides is 1. The van der Waals surface area contributed by atoms with Gasteiger partial charge in [-0.2, -0.15) is 0 Å². The van der Waals surface area contributed by atoms with E-state index in [-0.39, 0.29) is 17.6 Å². The number of rotatable bonds is 8. The Bertz CT molecular complexity index is 814. The largest absolute Gasteiger partial charge is 0.467 e. The van der Waals surface area contributed by atoms with E-state index in [1.807, 2.05) is 19.9 Å². The number of carbonyl (C=O) groups is 2. The Kier molecular flexibility index (Phi) is 7.49. The topological polar surface area (TPSA) is 112 Å². The number of hydrogen-bond donors (Lipinski definition) is 2. The monoisotopic (exact) mass is 411 g/mol. The molecule has 0 spiro atoms. The van der Waals surface area contributed by atoms with Gasteiger partial charge < -0.3 is 15.9 Å². The molecule has 146 valence electrons. The molecule has 0 fully saturated rings. The van der Waals surface area contributed by atoms with Crippen LogP contribution in [0.2, 0.25) is 5.02 Å². The molecule has 1 heterocycles. The Morgan fingerprint density at radius 1 is 1.37 bits per heavy atom. The van der Waals surface area contributed by atoms with Gasteiger partial charge in [0.15, 0.2) is 5.82 Å². The zero-order valence-corrected chi connectivity index (χ0v) is 16.9. The minimum atomic E-state index is -0.692. The third-order valence-corrected chi connectivity index (χ3v) is 5.37. The Hall–Kier alpha value is -2.26. The number of nitrogens with two attached hydrogens (primary N) is 1. The van der Waals surface area contributed by atoms with E-state index in [9.17, 15) is 9.59 Å². The van der Waals surface area contributed by atoms with Gasteiger partial charge in [0.05, 0.1) is 17.9 Å². The summed E-state index contributed by atoms with van der Waals surface area (Å²) >= 11 is 7.27. The number of nitrogen functional groups attached to an aromatic ring is 1. The van der Waals surface area contributed by atoms with Crippen molar-refractivity contribution in [3.63, 3.8) is 0 Å². The van der Waals surface area contributed by atoms with Gasteiger partial charge in [-0.15, -0.1) is 10.2 Å². The van der Waals surface area contributed by atoms with Crippen molar-refractivity contribution in [3.05, 3.63) is 29.3 Å². The molecule has 0 aliphatic heterocycles. The summed E-state index contributed by atoms with van der Waals surface area (Å²) in [6, 6.07) is 6.44. The molecule has 0 aliphatic rings. The highest BCUT2D eigenvalue weighted by Crippen LogP contribution is 2.27. The molecule has 0 saturated carbocycles. The molecule has 0 bridgehead atoms. The maximum Gasteiger partial charge on any atom is 0.328 e. The quantitative estimate of drug-likeness (QED) is 0.388. The Balaban J connectivity index is 2.03. The molecule has 1 aromatic heterocycles. The normalized spacial score (nSPS) is 13.0. The molecule has 0 radical (unpaired) electrons. The summed E-state index contributed by atoms with van der Waals surface area (Å²) in [5.41, 5.74) is 0.646. The number of ether oxygens (including phenoxy) is 1. The molecule has 0 aliphatic carbocycles. The summed E-state index contributed by atoms with van der Waals surface area (Å²) in [7, 11) is 1.30. The second-order valence-electron chi connectivity index (χ2n) is 5.90. The fourth-order valence-corrected chi connectivity index (χ4v) is 3.23. The molecular weight excluding hydrogens is 390 g/mol. The number of benzene rings is 1. The van der Waals surface area contributed by atoms with Crippen molar-refractivity contribution in [2.24, 2.45) is 5.92 Å². The molecule has 1 amide bonds. The van der Waals surface area contributed by atoms with Crippen molar-refractivity contribution in [1.29, 1.82) is 0 Å². The number of esters is 1. The summed E-state index contributed by atoms with van der Waals surface area (Å²) in [4.78, 5) is 24.1. The fraction of sp³-hybridized carbons (Fsp3) is 0.412. The number of methoxy groups -OCH3 is 1. The van der Waals surface area contributed by atoms with Crippen LogP contribution in [0.4, 0.5) is 0 Å².